The third-order valence-electron chi connectivity index (χ3n) is 3.32. The summed E-state index contributed by atoms with van der Waals surface area (Å²) in [5, 5.41) is 4.07. The van der Waals surface area contributed by atoms with Gasteiger partial charge in [-0.1, -0.05) is 12.1 Å². The molecule has 1 aromatic carbocycles. The number of hydrazone groups is 1. The molecule has 3 rings (SSSR count). The molecule has 0 saturated carbocycles. The number of aliphatic imine (C=N–C) groups is 1. The number of para-hydroxylation sites is 1. The van der Waals surface area contributed by atoms with Gasteiger partial charge in [-0.25, -0.2) is 10.4 Å². The van der Waals surface area contributed by atoms with Gasteiger partial charge >= 0.3 is 5.97 Å². The largest absolute Gasteiger partial charge is 0.464 e. The lowest BCUT2D eigenvalue weighted by atomic mass is 10.1. The Hall–Kier alpha value is -2.41. The maximum Gasteiger partial charge on any atom is 0.308 e. The van der Waals surface area contributed by atoms with E-state index in [2.05, 4.69) is 15.5 Å². The minimum absolute atomic E-state index is 0.101. The standard InChI is InChI=1S/C14H13ClN4O3/c15-5-6-22-12(20)7-11-14(21)18-17-13-9-3-1-2-4-10(9)16-8-19(11)13/h1-4,8,11H,5-7H2,(H,18,21). The molecule has 0 spiro atoms. The number of hydrogen-bond donors (Lipinski definition) is 1. The number of ether oxygens (including phenoxy) is 1. The Morgan fingerprint density at radius 2 is 2.23 bits per heavy atom. The highest BCUT2D eigenvalue weighted by Crippen LogP contribution is 2.27. The van der Waals surface area contributed by atoms with E-state index in [0.29, 0.717) is 5.84 Å². The van der Waals surface area contributed by atoms with Crippen LogP contribution in [0.3, 0.4) is 0 Å². The third-order valence-corrected chi connectivity index (χ3v) is 3.48. The first kappa shape index (κ1) is 14.5. The summed E-state index contributed by atoms with van der Waals surface area (Å²) in [6.07, 6.45) is 1.41. The van der Waals surface area contributed by atoms with Crippen LogP contribution in [-0.4, -0.2) is 47.5 Å². The summed E-state index contributed by atoms with van der Waals surface area (Å²) in [5.41, 5.74) is 4.00. The molecule has 2 heterocycles. The molecule has 0 saturated heterocycles. The highest BCUT2D eigenvalue weighted by Gasteiger charge is 2.36. The van der Waals surface area contributed by atoms with Crippen LogP contribution in [0.1, 0.15) is 12.0 Å². The molecule has 1 N–H and O–H groups in total. The van der Waals surface area contributed by atoms with E-state index in [1.165, 1.54) is 6.34 Å². The molecular weight excluding hydrogens is 308 g/mol. The van der Waals surface area contributed by atoms with Gasteiger partial charge in [-0.3, -0.25) is 9.59 Å². The molecule has 1 unspecified atom stereocenters. The third kappa shape index (κ3) is 2.67. The second kappa shape index (κ2) is 6.15. The fraction of sp³-hybridized carbons (Fsp3) is 0.286. The number of amides is 1. The molecule has 0 aromatic heterocycles. The van der Waals surface area contributed by atoms with Crippen LogP contribution in [-0.2, 0) is 14.3 Å². The number of amidine groups is 1. The number of halogens is 1. The van der Waals surface area contributed by atoms with Gasteiger partial charge in [0, 0.05) is 5.56 Å². The molecule has 8 heteroatoms. The summed E-state index contributed by atoms with van der Waals surface area (Å²) in [5.74, 6) is -0.0968. The van der Waals surface area contributed by atoms with E-state index < -0.39 is 12.0 Å². The van der Waals surface area contributed by atoms with Gasteiger partial charge in [-0.15, -0.1) is 11.6 Å². The quantitative estimate of drug-likeness (QED) is 0.662. The van der Waals surface area contributed by atoms with Crippen molar-refractivity contribution in [3.63, 3.8) is 0 Å². The van der Waals surface area contributed by atoms with Crippen LogP contribution >= 0.6 is 11.6 Å². The lowest BCUT2D eigenvalue weighted by molar-refractivity contribution is -0.146. The minimum atomic E-state index is -0.743. The van der Waals surface area contributed by atoms with Crippen LogP contribution in [0.25, 0.3) is 0 Å². The number of carbonyl (C=O) groups excluding carboxylic acids is 2. The zero-order valence-electron chi connectivity index (χ0n) is 11.5. The lowest BCUT2D eigenvalue weighted by Crippen LogP contribution is -2.54. The van der Waals surface area contributed by atoms with E-state index in [1.807, 2.05) is 24.3 Å². The summed E-state index contributed by atoms with van der Waals surface area (Å²) in [6.45, 7) is 0.118. The minimum Gasteiger partial charge on any atom is -0.464 e. The smallest absolute Gasteiger partial charge is 0.308 e. The van der Waals surface area contributed by atoms with Crippen molar-refractivity contribution in [3.8, 4) is 0 Å². The summed E-state index contributed by atoms with van der Waals surface area (Å²) in [6, 6.07) is 6.70. The number of esters is 1. The number of alkyl halides is 1. The normalized spacial score (nSPS) is 19.0. The van der Waals surface area contributed by atoms with Crippen molar-refractivity contribution < 1.29 is 14.3 Å². The zero-order chi connectivity index (χ0) is 15.5. The van der Waals surface area contributed by atoms with Crippen LogP contribution in [0.15, 0.2) is 34.4 Å². The predicted molar refractivity (Wildman–Crippen MR) is 81.2 cm³/mol. The summed E-state index contributed by atoms with van der Waals surface area (Å²) < 4.78 is 4.93. The molecule has 0 bridgehead atoms. The van der Waals surface area contributed by atoms with Crippen LogP contribution in [0, 0.1) is 0 Å². The zero-order valence-corrected chi connectivity index (χ0v) is 12.3. The van der Waals surface area contributed by atoms with Crippen molar-refractivity contribution in [1.29, 1.82) is 0 Å². The summed E-state index contributed by atoms with van der Waals surface area (Å²) >= 11 is 5.48. The molecular formula is C14H13ClN4O3. The number of carbonyl (C=O) groups is 2. The number of nitrogens with zero attached hydrogens (tertiary/aromatic N) is 3. The Morgan fingerprint density at radius 3 is 3.05 bits per heavy atom. The predicted octanol–water partition coefficient (Wildman–Crippen LogP) is 0.994. The van der Waals surface area contributed by atoms with Crippen LogP contribution < -0.4 is 5.43 Å². The fourth-order valence-electron chi connectivity index (χ4n) is 2.31. The Kier molecular flexibility index (Phi) is 4.06. The van der Waals surface area contributed by atoms with E-state index in [0.717, 1.165) is 11.3 Å². The molecule has 0 radical (unpaired) electrons. The molecule has 1 aromatic rings. The average molecular weight is 321 g/mol. The molecule has 0 fully saturated rings. The van der Waals surface area contributed by atoms with Crippen molar-refractivity contribution in [2.24, 2.45) is 10.1 Å². The SMILES string of the molecule is O=C(CC1C(=O)NN=C2c3ccccc3N=CN21)OCCCl. The van der Waals surface area contributed by atoms with Crippen molar-refractivity contribution in [3.05, 3.63) is 29.8 Å². The van der Waals surface area contributed by atoms with Gasteiger partial charge in [0.2, 0.25) is 0 Å². The molecule has 22 heavy (non-hydrogen) atoms. The number of rotatable bonds is 4. The highest BCUT2D eigenvalue weighted by atomic mass is 35.5. The van der Waals surface area contributed by atoms with Gasteiger partial charge in [-0.05, 0) is 12.1 Å². The monoisotopic (exact) mass is 320 g/mol. The maximum atomic E-state index is 12.0. The Balaban J connectivity index is 1.84. The molecule has 7 nitrogen and oxygen atoms in total. The Labute approximate surface area is 131 Å². The van der Waals surface area contributed by atoms with Gasteiger partial charge in [0.25, 0.3) is 5.91 Å². The summed E-state index contributed by atoms with van der Waals surface area (Å²) in [7, 11) is 0. The fourth-order valence-corrected chi connectivity index (χ4v) is 2.39. The van der Waals surface area contributed by atoms with Crippen LogP contribution in [0.2, 0.25) is 0 Å². The molecule has 2 aliphatic heterocycles. The van der Waals surface area contributed by atoms with E-state index in [-0.39, 0.29) is 24.8 Å². The number of benzene rings is 1. The first-order valence-electron chi connectivity index (χ1n) is 6.72. The van der Waals surface area contributed by atoms with Gasteiger partial charge < -0.3 is 9.64 Å². The maximum absolute atomic E-state index is 12.0. The molecule has 0 aliphatic carbocycles. The highest BCUT2D eigenvalue weighted by molar-refractivity contribution is 6.18. The lowest BCUT2D eigenvalue weighted by Gasteiger charge is -2.34. The van der Waals surface area contributed by atoms with Crippen molar-refractivity contribution in [2.45, 2.75) is 12.5 Å². The second-order valence-electron chi connectivity index (χ2n) is 4.71. The van der Waals surface area contributed by atoms with Crippen LogP contribution in [0.4, 0.5) is 5.69 Å². The van der Waals surface area contributed by atoms with Gasteiger partial charge in [-0.2, -0.15) is 5.10 Å². The van der Waals surface area contributed by atoms with Crippen molar-refractivity contribution in [1.82, 2.24) is 10.3 Å². The second-order valence-corrected chi connectivity index (χ2v) is 5.09. The van der Waals surface area contributed by atoms with E-state index in [9.17, 15) is 9.59 Å². The van der Waals surface area contributed by atoms with Crippen LogP contribution in [0.5, 0.6) is 0 Å². The Bertz CT molecular complexity index is 674. The number of fused-ring (bicyclic) bond motifs is 3. The topological polar surface area (TPSA) is 83.4 Å². The van der Waals surface area contributed by atoms with E-state index >= 15 is 0 Å². The molecule has 1 atom stereocenters. The van der Waals surface area contributed by atoms with Crippen molar-refractivity contribution in [2.75, 3.05) is 12.5 Å². The molecule has 2 aliphatic rings. The van der Waals surface area contributed by atoms with Gasteiger partial charge in [0.1, 0.15) is 12.6 Å². The first-order valence-corrected chi connectivity index (χ1v) is 7.25. The number of hydrogen-bond acceptors (Lipinski definition) is 6. The average Bonchev–Trinajstić information content (AvgIpc) is 2.55. The van der Waals surface area contributed by atoms with Crippen molar-refractivity contribution >= 4 is 41.3 Å². The van der Waals surface area contributed by atoms with E-state index in [1.54, 1.807) is 4.90 Å². The molecule has 114 valence electrons. The number of nitrogens with one attached hydrogen (secondary N) is 1. The Morgan fingerprint density at radius 1 is 1.41 bits per heavy atom. The van der Waals surface area contributed by atoms with Gasteiger partial charge in [0.15, 0.2) is 5.84 Å². The van der Waals surface area contributed by atoms with Gasteiger partial charge in [0.05, 0.1) is 24.3 Å². The van der Waals surface area contributed by atoms with E-state index in [4.69, 9.17) is 16.3 Å². The summed E-state index contributed by atoms with van der Waals surface area (Å²) in [4.78, 5) is 29.7. The molecule has 1 amide bonds. The first-order chi connectivity index (χ1) is 10.7.